The van der Waals surface area contributed by atoms with Crippen LogP contribution in [0.15, 0.2) is 189 Å². The largest absolute Gasteiger partial charge is 0.212 e. The van der Waals surface area contributed by atoms with E-state index in [2.05, 4.69) is 111 Å². The van der Waals surface area contributed by atoms with Crippen LogP contribution >= 0.6 is 0 Å². The van der Waals surface area contributed by atoms with E-state index < -0.39 is 39.7 Å². The minimum Gasteiger partial charge on any atom is -0.201 e. The van der Waals surface area contributed by atoms with Gasteiger partial charge in [-0.15, -0.1) is 0 Å². The van der Waals surface area contributed by atoms with Crippen LogP contribution in [0.5, 0.6) is 0 Å². The van der Waals surface area contributed by atoms with Crippen LogP contribution in [0.4, 0.5) is 0 Å². The number of rotatable bonds is 9. The lowest BCUT2D eigenvalue weighted by Gasteiger charge is -2.11. The van der Waals surface area contributed by atoms with Crippen LogP contribution < -0.4 is 22.8 Å². The van der Waals surface area contributed by atoms with E-state index in [1.807, 2.05) is 136 Å². The number of nitrogens with zero attached hydrogens (tertiary/aromatic N) is 5. The second kappa shape index (κ2) is 30.8. The van der Waals surface area contributed by atoms with Crippen molar-refractivity contribution in [2.75, 3.05) is 0 Å². The van der Waals surface area contributed by atoms with Gasteiger partial charge in [0.05, 0.1) is 0 Å². The molecule has 0 unspecified atom stereocenters. The van der Waals surface area contributed by atoms with Crippen molar-refractivity contribution in [2.24, 2.45) is 35.2 Å². The normalized spacial score (nSPS) is 15.3. The molecule has 5 aromatic heterocycles. The molecular formula is C81H100N5+5. The molecule has 10 aromatic rings. The lowest BCUT2D eigenvalue weighted by molar-refractivity contribution is -0.661. The Bertz CT molecular complexity index is 4310. The topological polar surface area (TPSA) is 19.4 Å². The van der Waals surface area contributed by atoms with E-state index in [4.69, 9.17) is 20.6 Å². The molecule has 5 heteroatoms. The Labute approximate surface area is 540 Å². The van der Waals surface area contributed by atoms with Crippen LogP contribution in [0.2, 0.25) is 0 Å². The average Bonchev–Trinajstić information content (AvgIpc) is 1.02. The summed E-state index contributed by atoms with van der Waals surface area (Å²) in [5, 5.41) is 0. The first-order chi connectivity index (χ1) is 46.9. The highest BCUT2D eigenvalue weighted by atomic mass is 14.9. The van der Waals surface area contributed by atoms with Gasteiger partial charge in [0.15, 0.2) is 31.0 Å². The Kier molecular flexibility index (Phi) is 16.8. The highest BCUT2D eigenvalue weighted by molar-refractivity contribution is 5.65. The van der Waals surface area contributed by atoms with Gasteiger partial charge in [-0.1, -0.05) is 125 Å². The Morgan fingerprint density at radius 3 is 1.00 bits per heavy atom. The predicted octanol–water partition coefficient (Wildman–Crippen LogP) is 17.3. The number of benzene rings is 5. The maximum atomic E-state index is 7.98. The summed E-state index contributed by atoms with van der Waals surface area (Å²) in [6.45, 7) is 11.5. The minimum atomic E-state index is -2.48. The first-order valence-electron chi connectivity index (χ1n) is 37.3. The molecule has 86 heavy (non-hydrogen) atoms. The summed E-state index contributed by atoms with van der Waals surface area (Å²) in [5.41, 5.74) is 21.5. The van der Waals surface area contributed by atoms with E-state index in [9.17, 15) is 0 Å². The molecule has 0 bridgehead atoms. The van der Waals surface area contributed by atoms with Crippen LogP contribution in [-0.2, 0) is 54.4 Å². The standard InChI is InChI=1S/C18H22N.3C16H20N.C15H18N/c1-14-7-3-6-10-17(14)18-13-16(11-12-19(18)2)15-8-4-5-9-15;1-5-14-10-16(17(4)11-13(14)3)15-9-7-6-8-12(15)2;2*1-5-14-11-17(4)16(10-13(14)3)15-9-7-6-8-12(15)2;1-11-7-5-6-8-14(11)15-9-12(2)13(3)10-16(15)4/h3,6-7,10-13,15H,4-5,8-9H2,1-2H3;3*6-11H,5H2,1-4H3;5-10H,1-4H3/q5*+1/i;3D3,5D2;2*5D2;2D3,3D3. The van der Waals surface area contributed by atoms with Crippen molar-refractivity contribution >= 4 is 0 Å². The van der Waals surface area contributed by atoms with Crippen molar-refractivity contribution in [3.63, 3.8) is 0 Å². The highest BCUT2D eigenvalue weighted by Gasteiger charge is 2.22. The first-order valence-corrected chi connectivity index (χ1v) is 29.8. The quantitative estimate of drug-likeness (QED) is 0.128. The van der Waals surface area contributed by atoms with E-state index >= 15 is 0 Å². The van der Waals surface area contributed by atoms with Gasteiger partial charge in [0.2, 0.25) is 28.5 Å². The first kappa shape index (κ1) is 47.1. The predicted molar refractivity (Wildman–Crippen MR) is 362 cm³/mol. The minimum absolute atomic E-state index is 0.0554. The molecule has 5 heterocycles. The van der Waals surface area contributed by atoms with Gasteiger partial charge in [0.25, 0.3) is 0 Å². The van der Waals surface area contributed by atoms with Crippen LogP contribution in [0.1, 0.15) is 151 Å². The third kappa shape index (κ3) is 16.4. The summed E-state index contributed by atoms with van der Waals surface area (Å²) in [6, 6.07) is 52.5. The van der Waals surface area contributed by atoms with Crippen LogP contribution in [0.25, 0.3) is 56.3 Å². The summed E-state index contributed by atoms with van der Waals surface area (Å²) in [7, 11) is 9.58. The van der Waals surface area contributed by atoms with Gasteiger partial charge < -0.3 is 0 Å². The molecule has 11 rings (SSSR count). The summed E-state index contributed by atoms with van der Waals surface area (Å²) < 4.78 is 126. The second-order valence-corrected chi connectivity index (χ2v) is 22.7. The molecule has 5 nitrogen and oxygen atoms in total. The molecule has 1 aliphatic carbocycles. The average molecular weight is 1160 g/mol. The number of hydrogen-bond donors (Lipinski definition) is 0. The summed E-state index contributed by atoms with van der Waals surface area (Å²) >= 11 is 0. The van der Waals surface area contributed by atoms with E-state index in [1.54, 1.807) is 43.1 Å². The monoisotopic (exact) mass is 1160 g/mol. The fourth-order valence-corrected chi connectivity index (χ4v) is 11.3. The van der Waals surface area contributed by atoms with Crippen molar-refractivity contribution < 1.29 is 43.4 Å². The van der Waals surface area contributed by atoms with Gasteiger partial charge in [0.1, 0.15) is 35.2 Å². The molecule has 1 saturated carbocycles. The van der Waals surface area contributed by atoms with Crippen LogP contribution in [-0.4, -0.2) is 0 Å². The van der Waals surface area contributed by atoms with E-state index in [0.717, 1.165) is 67.5 Å². The molecule has 1 aliphatic rings. The van der Waals surface area contributed by atoms with Gasteiger partial charge in [-0.05, 0) is 193 Å². The van der Waals surface area contributed by atoms with Crippen molar-refractivity contribution in [3.8, 4) is 56.3 Å². The third-order valence-electron chi connectivity index (χ3n) is 16.4. The molecule has 0 radical (unpaired) electrons. The smallest absolute Gasteiger partial charge is 0.201 e. The Morgan fingerprint density at radius 1 is 0.337 bits per heavy atom. The van der Waals surface area contributed by atoms with E-state index in [0.29, 0.717) is 5.69 Å². The Hall–Kier alpha value is -8.15. The maximum Gasteiger partial charge on any atom is 0.212 e. The maximum absolute atomic E-state index is 7.98. The number of aryl methyl sites for hydroxylation is 18. The molecule has 0 spiro atoms. The molecule has 444 valence electrons. The molecule has 0 saturated heterocycles. The fourth-order valence-electron chi connectivity index (χ4n) is 11.3. The SMILES string of the molecule is Cc1ccccc1-c1cc(C2CCCC2)cc[n+]1C.[2H]C([2H])(C)c1c[n+](C)c(-c2ccccc2C)cc1C.[2H]C([2H])(C)c1c[n+](C)c(-c2ccccc2C)cc1C.[2H]C([2H])([2H])c1c[n+](C)c(-c2ccccc2C)cc1C([2H])([2H])C.[2H]C([2H])([2H])c1cc(-c2ccccc2C)[n+](C)cc1C([2H])([2H])[2H]. The van der Waals surface area contributed by atoms with E-state index in [-0.39, 0.29) is 22.3 Å². The van der Waals surface area contributed by atoms with Crippen molar-refractivity contribution in [3.05, 3.63) is 267 Å². The van der Waals surface area contributed by atoms with Crippen molar-refractivity contribution in [2.45, 2.75) is 141 Å². The molecule has 0 aliphatic heterocycles. The third-order valence-corrected chi connectivity index (χ3v) is 16.4. The highest BCUT2D eigenvalue weighted by Crippen LogP contribution is 2.35. The molecule has 0 N–H and O–H groups in total. The molecule has 1 fully saturated rings. The van der Waals surface area contributed by atoms with Gasteiger partial charge in [0, 0.05) is 107 Å². The second-order valence-electron chi connectivity index (χ2n) is 22.7. The lowest BCUT2D eigenvalue weighted by atomic mass is 9.95. The number of aromatic nitrogens is 5. The zero-order chi connectivity index (χ0) is 75.1. The van der Waals surface area contributed by atoms with Gasteiger partial charge in [-0.3, -0.25) is 0 Å². The number of pyridine rings is 5. The molecular weight excluding hydrogens is 1040 g/mol. The Balaban J connectivity index is 0.000000177. The van der Waals surface area contributed by atoms with Gasteiger partial charge >= 0.3 is 0 Å². The molecule has 0 amide bonds. The summed E-state index contributed by atoms with van der Waals surface area (Å²) in [6.07, 6.45) is 10.1. The lowest BCUT2D eigenvalue weighted by Crippen LogP contribution is -2.32. The van der Waals surface area contributed by atoms with E-state index in [1.165, 1.54) is 95.7 Å². The number of hydrogen-bond acceptors (Lipinski definition) is 0. The fraction of sp³-hybridized carbons (Fsp3) is 0.321. The van der Waals surface area contributed by atoms with Crippen LogP contribution in [0.3, 0.4) is 0 Å². The van der Waals surface area contributed by atoms with Crippen molar-refractivity contribution in [1.29, 1.82) is 0 Å². The Morgan fingerprint density at radius 2 is 0.651 bits per heavy atom. The van der Waals surface area contributed by atoms with Crippen LogP contribution in [0, 0.1) is 69.0 Å². The van der Waals surface area contributed by atoms with Crippen molar-refractivity contribution in [1.82, 2.24) is 0 Å². The van der Waals surface area contributed by atoms with Gasteiger partial charge in [-0.25, -0.2) is 22.8 Å². The zero-order valence-electron chi connectivity index (χ0n) is 68.5. The summed E-state index contributed by atoms with van der Waals surface area (Å²) in [5.74, 6) is 0.781. The molecule has 5 aromatic carbocycles. The molecule has 0 atom stereocenters. The zero-order valence-corrected chi connectivity index (χ0v) is 53.5. The van der Waals surface area contributed by atoms with Gasteiger partial charge in [-0.2, -0.15) is 0 Å². The summed E-state index contributed by atoms with van der Waals surface area (Å²) in [4.78, 5) is 0.